The van der Waals surface area contributed by atoms with Crippen LogP contribution in [0.5, 0.6) is 0 Å². The average molecular weight is 529 g/mol. The summed E-state index contributed by atoms with van der Waals surface area (Å²) < 4.78 is 41.7. The third-order valence-electron chi connectivity index (χ3n) is 7.11. The summed E-state index contributed by atoms with van der Waals surface area (Å²) in [5.41, 5.74) is 0.236. The molecule has 4 atom stereocenters. The molecule has 0 radical (unpaired) electrons. The highest BCUT2D eigenvalue weighted by Crippen LogP contribution is 2.41. The van der Waals surface area contributed by atoms with Crippen molar-refractivity contribution in [2.45, 2.75) is 65.2 Å². The predicted molar refractivity (Wildman–Crippen MR) is 131 cm³/mol. The SMILES string of the molecule is CC1=C(C(=O)N[C@@H]2CC(C)CC[C@H]2C(C)C)C(c2ccc(Cl)c(Cl)c2)n2nc(C(F)(F)F)cc2N1. The minimum absolute atomic E-state index is 0.0224. The van der Waals surface area contributed by atoms with E-state index < -0.39 is 17.9 Å². The Morgan fingerprint density at radius 2 is 1.91 bits per heavy atom. The Kier molecular flexibility index (Phi) is 7.17. The number of hydrogen-bond donors (Lipinski definition) is 2. The second kappa shape index (κ2) is 9.69. The summed E-state index contributed by atoms with van der Waals surface area (Å²) in [6.07, 6.45) is -1.64. The highest BCUT2D eigenvalue weighted by atomic mass is 35.5. The van der Waals surface area contributed by atoms with E-state index in [0.29, 0.717) is 39.6 Å². The number of amides is 1. The van der Waals surface area contributed by atoms with E-state index in [1.54, 1.807) is 25.1 Å². The summed E-state index contributed by atoms with van der Waals surface area (Å²) in [4.78, 5) is 13.8. The Morgan fingerprint density at radius 1 is 1.20 bits per heavy atom. The van der Waals surface area contributed by atoms with E-state index in [4.69, 9.17) is 23.2 Å². The highest BCUT2D eigenvalue weighted by molar-refractivity contribution is 6.42. The smallest absolute Gasteiger partial charge is 0.349 e. The molecule has 1 aromatic carbocycles. The third-order valence-corrected chi connectivity index (χ3v) is 7.85. The van der Waals surface area contributed by atoms with Gasteiger partial charge in [0.1, 0.15) is 11.9 Å². The summed E-state index contributed by atoms with van der Waals surface area (Å²) in [5.74, 6) is 1.02. The van der Waals surface area contributed by atoms with Gasteiger partial charge in [0, 0.05) is 17.8 Å². The first kappa shape index (κ1) is 25.9. The molecular formula is C25H29Cl2F3N4O. The Labute approximate surface area is 213 Å². The van der Waals surface area contributed by atoms with Crippen LogP contribution >= 0.6 is 23.2 Å². The fraction of sp³-hybridized carbons (Fsp3) is 0.520. The minimum Gasteiger partial charge on any atom is -0.349 e. The fourth-order valence-electron chi connectivity index (χ4n) is 5.31. The predicted octanol–water partition coefficient (Wildman–Crippen LogP) is 7.07. The van der Waals surface area contributed by atoms with Gasteiger partial charge in [-0.15, -0.1) is 0 Å². The zero-order valence-electron chi connectivity index (χ0n) is 20.0. The first-order valence-electron chi connectivity index (χ1n) is 11.8. The fourth-order valence-corrected chi connectivity index (χ4v) is 5.62. The molecule has 2 aliphatic rings. The minimum atomic E-state index is -4.63. The molecule has 2 N–H and O–H groups in total. The van der Waals surface area contributed by atoms with Crippen molar-refractivity contribution >= 4 is 34.9 Å². The van der Waals surface area contributed by atoms with Crippen molar-refractivity contribution < 1.29 is 18.0 Å². The van der Waals surface area contributed by atoms with Gasteiger partial charge >= 0.3 is 6.18 Å². The molecule has 1 aromatic heterocycles. The number of nitrogens with one attached hydrogen (secondary N) is 2. The number of halogens is 5. The van der Waals surface area contributed by atoms with E-state index >= 15 is 0 Å². The number of hydrogen-bond acceptors (Lipinski definition) is 3. The van der Waals surface area contributed by atoms with Crippen LogP contribution in [0.1, 0.15) is 64.3 Å². The molecule has 0 bridgehead atoms. The van der Waals surface area contributed by atoms with Crippen LogP contribution in [-0.4, -0.2) is 21.7 Å². The van der Waals surface area contributed by atoms with Gasteiger partial charge in [-0.3, -0.25) is 4.79 Å². The van der Waals surface area contributed by atoms with Gasteiger partial charge in [-0.05, 0) is 55.2 Å². The zero-order valence-corrected chi connectivity index (χ0v) is 21.5. The molecule has 1 saturated carbocycles. The molecule has 35 heavy (non-hydrogen) atoms. The molecule has 4 rings (SSSR count). The summed E-state index contributed by atoms with van der Waals surface area (Å²) >= 11 is 12.3. The largest absolute Gasteiger partial charge is 0.435 e. The molecule has 1 aliphatic carbocycles. The molecule has 2 aromatic rings. The van der Waals surface area contributed by atoms with Crippen LogP contribution in [0.2, 0.25) is 10.0 Å². The second-order valence-electron chi connectivity index (χ2n) is 10.0. The van der Waals surface area contributed by atoms with E-state index in [2.05, 4.69) is 36.5 Å². The van der Waals surface area contributed by atoms with Gasteiger partial charge in [0.05, 0.1) is 15.6 Å². The van der Waals surface area contributed by atoms with Gasteiger partial charge in [-0.1, -0.05) is 56.5 Å². The zero-order chi connectivity index (χ0) is 25.7. The number of aromatic nitrogens is 2. The van der Waals surface area contributed by atoms with Gasteiger partial charge in [-0.2, -0.15) is 18.3 Å². The lowest BCUT2D eigenvalue weighted by Gasteiger charge is -2.39. The third kappa shape index (κ3) is 5.19. The molecule has 0 spiro atoms. The molecule has 190 valence electrons. The van der Waals surface area contributed by atoms with Crippen molar-refractivity contribution in [3.05, 3.63) is 56.8 Å². The number of benzene rings is 1. The summed E-state index contributed by atoms with van der Waals surface area (Å²) in [7, 11) is 0. The first-order chi connectivity index (χ1) is 16.4. The Balaban J connectivity index is 1.77. The molecular weight excluding hydrogens is 500 g/mol. The van der Waals surface area contributed by atoms with E-state index in [9.17, 15) is 18.0 Å². The standard InChI is InChI=1S/C25H29Cl2F3N4O/c1-12(2)16-7-5-13(3)9-19(16)32-24(35)22-14(4)31-21-11-20(25(28,29)30)33-34(21)23(22)15-6-8-17(26)18(27)10-15/h6,8,10-13,16,19,23,31H,5,7,9H2,1-4H3,(H,32,35)/t13?,16-,19+,23?/m0/s1. The van der Waals surface area contributed by atoms with Crippen LogP contribution in [0.25, 0.3) is 0 Å². The van der Waals surface area contributed by atoms with Crippen molar-refractivity contribution in [3.8, 4) is 0 Å². The van der Waals surface area contributed by atoms with E-state index in [0.717, 1.165) is 25.3 Å². The van der Waals surface area contributed by atoms with Crippen molar-refractivity contribution in [1.82, 2.24) is 15.1 Å². The summed E-state index contributed by atoms with van der Waals surface area (Å²) in [5, 5.41) is 10.6. The topological polar surface area (TPSA) is 59.0 Å². The molecule has 2 unspecified atom stereocenters. The van der Waals surface area contributed by atoms with Gasteiger partial charge in [0.2, 0.25) is 0 Å². The molecule has 10 heteroatoms. The van der Waals surface area contributed by atoms with Crippen molar-refractivity contribution in [2.75, 3.05) is 5.32 Å². The quantitative estimate of drug-likeness (QED) is 0.445. The van der Waals surface area contributed by atoms with Crippen LogP contribution in [0, 0.1) is 17.8 Å². The maximum absolute atomic E-state index is 13.8. The van der Waals surface area contributed by atoms with Gasteiger partial charge in [0.15, 0.2) is 5.69 Å². The summed E-state index contributed by atoms with van der Waals surface area (Å²) in [6.45, 7) is 8.17. The van der Waals surface area contributed by atoms with Gasteiger partial charge in [0.25, 0.3) is 5.91 Å². The van der Waals surface area contributed by atoms with Crippen LogP contribution in [0.4, 0.5) is 19.0 Å². The van der Waals surface area contributed by atoms with Crippen molar-refractivity contribution in [2.24, 2.45) is 17.8 Å². The molecule has 1 fully saturated rings. The first-order valence-corrected chi connectivity index (χ1v) is 12.5. The molecule has 0 saturated heterocycles. The Hall–Kier alpha value is -2.19. The van der Waals surface area contributed by atoms with Crippen LogP contribution in [-0.2, 0) is 11.0 Å². The lowest BCUT2D eigenvalue weighted by molar-refractivity contribution is -0.141. The number of carbonyl (C=O) groups is 1. The van der Waals surface area contributed by atoms with Crippen LogP contribution in [0.15, 0.2) is 35.5 Å². The highest BCUT2D eigenvalue weighted by Gasteiger charge is 2.41. The van der Waals surface area contributed by atoms with E-state index in [1.165, 1.54) is 4.68 Å². The lowest BCUT2D eigenvalue weighted by atomic mass is 9.74. The molecule has 5 nitrogen and oxygen atoms in total. The Bertz CT molecular complexity index is 1160. The van der Waals surface area contributed by atoms with Crippen molar-refractivity contribution in [3.63, 3.8) is 0 Å². The number of allylic oxidation sites excluding steroid dienone is 1. The maximum Gasteiger partial charge on any atom is 0.435 e. The van der Waals surface area contributed by atoms with Gasteiger partial charge < -0.3 is 10.6 Å². The number of rotatable bonds is 4. The molecule has 2 heterocycles. The number of alkyl halides is 3. The lowest BCUT2D eigenvalue weighted by Crippen LogP contribution is -2.47. The van der Waals surface area contributed by atoms with Gasteiger partial charge in [-0.25, -0.2) is 4.68 Å². The summed E-state index contributed by atoms with van der Waals surface area (Å²) in [6, 6.07) is 4.81. The molecule has 1 amide bonds. The van der Waals surface area contributed by atoms with Crippen molar-refractivity contribution in [1.29, 1.82) is 0 Å². The average Bonchev–Trinajstić information content (AvgIpc) is 3.18. The van der Waals surface area contributed by atoms with E-state index in [-0.39, 0.29) is 22.8 Å². The Morgan fingerprint density at radius 3 is 2.54 bits per heavy atom. The maximum atomic E-state index is 13.8. The monoisotopic (exact) mass is 528 g/mol. The van der Waals surface area contributed by atoms with Crippen LogP contribution in [0.3, 0.4) is 0 Å². The normalized spacial score (nSPS) is 24.9. The number of nitrogens with zero attached hydrogens (tertiary/aromatic N) is 2. The number of fused-ring (bicyclic) bond motifs is 1. The second-order valence-corrected chi connectivity index (χ2v) is 10.8. The number of anilines is 1. The molecule has 1 aliphatic heterocycles. The van der Waals surface area contributed by atoms with E-state index in [1.807, 2.05) is 0 Å². The van der Waals surface area contributed by atoms with Crippen LogP contribution < -0.4 is 10.6 Å². The number of carbonyl (C=O) groups excluding carboxylic acids is 1.